The van der Waals surface area contributed by atoms with E-state index >= 15 is 0 Å². The van der Waals surface area contributed by atoms with Crippen molar-refractivity contribution in [3.8, 4) is 5.75 Å². The highest BCUT2D eigenvalue weighted by Crippen LogP contribution is 2.29. The van der Waals surface area contributed by atoms with E-state index in [2.05, 4.69) is 15.9 Å². The van der Waals surface area contributed by atoms with Crippen LogP contribution in [0.1, 0.15) is 24.1 Å². The van der Waals surface area contributed by atoms with Gasteiger partial charge in [0, 0.05) is 21.1 Å². The van der Waals surface area contributed by atoms with Crippen LogP contribution in [0.4, 0.5) is 0 Å². The van der Waals surface area contributed by atoms with E-state index in [0.717, 1.165) is 15.6 Å². The van der Waals surface area contributed by atoms with Crippen LogP contribution in [0.5, 0.6) is 5.75 Å². The average Bonchev–Trinajstić information content (AvgIpc) is 2.38. The summed E-state index contributed by atoms with van der Waals surface area (Å²) in [5, 5.41) is 1.20. The molecule has 5 heteroatoms. The second kappa shape index (κ2) is 6.81. The maximum Gasteiger partial charge on any atom is 0.138 e. The van der Waals surface area contributed by atoms with Gasteiger partial charge in [0.1, 0.15) is 12.4 Å². The van der Waals surface area contributed by atoms with Crippen LogP contribution < -0.4 is 10.5 Å². The minimum absolute atomic E-state index is 0.0533. The second-order valence-electron chi connectivity index (χ2n) is 4.50. The summed E-state index contributed by atoms with van der Waals surface area (Å²) in [6.45, 7) is 2.27. The molecule has 20 heavy (non-hydrogen) atoms. The van der Waals surface area contributed by atoms with Gasteiger partial charge in [-0.1, -0.05) is 51.3 Å². The molecule has 0 fully saturated rings. The maximum atomic E-state index is 6.18. The van der Waals surface area contributed by atoms with Gasteiger partial charge in [0.05, 0.1) is 5.02 Å². The zero-order valence-corrected chi connectivity index (χ0v) is 14.0. The lowest BCUT2D eigenvalue weighted by molar-refractivity contribution is 0.306. The summed E-state index contributed by atoms with van der Waals surface area (Å²) in [5.74, 6) is 0.620. The molecule has 0 aliphatic heterocycles. The summed E-state index contributed by atoms with van der Waals surface area (Å²) < 4.78 is 6.64. The van der Waals surface area contributed by atoms with Gasteiger partial charge in [-0.2, -0.15) is 0 Å². The van der Waals surface area contributed by atoms with Gasteiger partial charge in [0.15, 0.2) is 0 Å². The van der Waals surface area contributed by atoms with E-state index in [1.807, 2.05) is 43.3 Å². The zero-order chi connectivity index (χ0) is 14.7. The third-order valence-electron chi connectivity index (χ3n) is 2.88. The van der Waals surface area contributed by atoms with Gasteiger partial charge in [-0.05, 0) is 36.8 Å². The third-order valence-corrected chi connectivity index (χ3v) is 4.02. The Morgan fingerprint density at radius 3 is 2.50 bits per heavy atom. The van der Waals surface area contributed by atoms with Gasteiger partial charge in [0.2, 0.25) is 0 Å². The van der Waals surface area contributed by atoms with Crippen LogP contribution in [0, 0.1) is 0 Å². The molecule has 2 rings (SSSR count). The Balaban J connectivity index is 2.11. The summed E-state index contributed by atoms with van der Waals surface area (Å²) in [4.78, 5) is 0. The Bertz CT molecular complexity index is 617. The number of nitrogens with two attached hydrogens (primary N) is 1. The van der Waals surface area contributed by atoms with Crippen molar-refractivity contribution in [2.45, 2.75) is 19.6 Å². The summed E-state index contributed by atoms with van der Waals surface area (Å²) in [5.41, 5.74) is 7.69. The first-order chi connectivity index (χ1) is 9.47. The van der Waals surface area contributed by atoms with E-state index in [9.17, 15) is 0 Å². The standard InChI is InChI=1S/C15H14BrCl2NO/c1-9(19)10-3-5-15(14(18)6-10)20-8-11-2-4-12(16)7-13(11)17/h2-7,9H,8,19H2,1H3/t9-/m0/s1. The highest BCUT2D eigenvalue weighted by Gasteiger charge is 2.07. The fourth-order valence-corrected chi connectivity index (χ4v) is 2.68. The number of rotatable bonds is 4. The number of halogens is 3. The van der Waals surface area contributed by atoms with Crippen LogP contribution >= 0.6 is 39.1 Å². The maximum absolute atomic E-state index is 6.18. The van der Waals surface area contributed by atoms with E-state index < -0.39 is 0 Å². The van der Waals surface area contributed by atoms with Gasteiger partial charge in [0.25, 0.3) is 0 Å². The molecule has 0 aliphatic rings. The topological polar surface area (TPSA) is 35.2 Å². The van der Waals surface area contributed by atoms with Crippen molar-refractivity contribution in [2.24, 2.45) is 5.73 Å². The summed E-state index contributed by atoms with van der Waals surface area (Å²) >= 11 is 15.7. The van der Waals surface area contributed by atoms with Gasteiger partial charge < -0.3 is 10.5 Å². The molecule has 0 aromatic heterocycles. The van der Waals surface area contributed by atoms with Gasteiger partial charge >= 0.3 is 0 Å². The predicted octanol–water partition coefficient (Wildman–Crippen LogP) is 5.35. The molecule has 2 aromatic rings. The van der Waals surface area contributed by atoms with Crippen molar-refractivity contribution in [3.05, 3.63) is 62.0 Å². The van der Waals surface area contributed by atoms with Crippen LogP contribution in [-0.4, -0.2) is 0 Å². The van der Waals surface area contributed by atoms with Crippen LogP contribution in [0.2, 0.25) is 10.0 Å². The highest BCUT2D eigenvalue weighted by atomic mass is 79.9. The molecule has 106 valence electrons. The van der Waals surface area contributed by atoms with Crippen LogP contribution in [0.3, 0.4) is 0 Å². The fourth-order valence-electron chi connectivity index (χ4n) is 1.71. The first-order valence-corrected chi connectivity index (χ1v) is 7.64. The SMILES string of the molecule is C[C@H](N)c1ccc(OCc2ccc(Br)cc2Cl)c(Cl)c1. The molecule has 2 N–H and O–H groups in total. The van der Waals surface area contributed by atoms with Gasteiger partial charge in [-0.15, -0.1) is 0 Å². The first-order valence-electron chi connectivity index (χ1n) is 6.09. The Hall–Kier alpha value is -0.740. The first kappa shape index (κ1) is 15.6. The lowest BCUT2D eigenvalue weighted by Crippen LogP contribution is -2.05. The Kier molecular flexibility index (Phi) is 5.33. The van der Waals surface area contributed by atoms with E-state index in [4.69, 9.17) is 33.7 Å². The molecule has 0 spiro atoms. The fraction of sp³-hybridized carbons (Fsp3) is 0.200. The highest BCUT2D eigenvalue weighted by molar-refractivity contribution is 9.10. The largest absolute Gasteiger partial charge is 0.487 e. The Morgan fingerprint density at radius 1 is 1.15 bits per heavy atom. The molecule has 2 nitrogen and oxygen atoms in total. The van der Waals surface area contributed by atoms with Crippen molar-refractivity contribution in [3.63, 3.8) is 0 Å². The van der Waals surface area contributed by atoms with Crippen molar-refractivity contribution in [1.82, 2.24) is 0 Å². The molecule has 0 bridgehead atoms. The number of hydrogen-bond acceptors (Lipinski definition) is 2. The van der Waals surface area contributed by atoms with Crippen molar-refractivity contribution < 1.29 is 4.74 Å². The van der Waals surface area contributed by atoms with Crippen LogP contribution in [0.25, 0.3) is 0 Å². The molecular formula is C15H14BrCl2NO. The lowest BCUT2D eigenvalue weighted by Gasteiger charge is -2.12. The van der Waals surface area contributed by atoms with E-state index in [1.54, 1.807) is 0 Å². The van der Waals surface area contributed by atoms with E-state index in [0.29, 0.717) is 22.4 Å². The molecule has 0 radical (unpaired) electrons. The van der Waals surface area contributed by atoms with Gasteiger partial charge in [-0.25, -0.2) is 0 Å². The number of hydrogen-bond donors (Lipinski definition) is 1. The minimum Gasteiger partial charge on any atom is -0.487 e. The van der Waals surface area contributed by atoms with Crippen molar-refractivity contribution in [2.75, 3.05) is 0 Å². The van der Waals surface area contributed by atoms with Gasteiger partial charge in [-0.3, -0.25) is 0 Å². The summed E-state index contributed by atoms with van der Waals surface area (Å²) in [6, 6.07) is 11.2. The molecule has 0 amide bonds. The molecular weight excluding hydrogens is 361 g/mol. The van der Waals surface area contributed by atoms with Crippen molar-refractivity contribution in [1.29, 1.82) is 0 Å². The molecule has 0 unspecified atom stereocenters. The van der Waals surface area contributed by atoms with E-state index in [1.165, 1.54) is 0 Å². The molecule has 0 saturated carbocycles. The van der Waals surface area contributed by atoms with Crippen LogP contribution in [0.15, 0.2) is 40.9 Å². The van der Waals surface area contributed by atoms with E-state index in [-0.39, 0.29) is 6.04 Å². The normalized spacial score (nSPS) is 12.2. The number of benzene rings is 2. The smallest absolute Gasteiger partial charge is 0.138 e. The predicted molar refractivity (Wildman–Crippen MR) is 87.5 cm³/mol. The van der Waals surface area contributed by atoms with Crippen LogP contribution in [-0.2, 0) is 6.61 Å². The molecule has 1 atom stereocenters. The molecule has 0 heterocycles. The summed E-state index contributed by atoms with van der Waals surface area (Å²) in [7, 11) is 0. The minimum atomic E-state index is -0.0533. The lowest BCUT2D eigenvalue weighted by atomic mass is 10.1. The number of ether oxygens (including phenoxy) is 1. The Labute approximate surface area is 137 Å². The third kappa shape index (κ3) is 3.89. The molecule has 2 aromatic carbocycles. The molecule has 0 saturated heterocycles. The zero-order valence-electron chi connectivity index (χ0n) is 10.9. The monoisotopic (exact) mass is 373 g/mol. The molecule has 0 aliphatic carbocycles. The second-order valence-corrected chi connectivity index (χ2v) is 6.23. The van der Waals surface area contributed by atoms with Crippen molar-refractivity contribution >= 4 is 39.1 Å². The average molecular weight is 375 g/mol. The Morgan fingerprint density at radius 2 is 1.90 bits per heavy atom. The summed E-state index contributed by atoms with van der Waals surface area (Å²) in [6.07, 6.45) is 0. The quantitative estimate of drug-likeness (QED) is 0.782.